The third-order valence-corrected chi connectivity index (χ3v) is 6.92. The van der Waals surface area contributed by atoms with Crippen LogP contribution in [0.3, 0.4) is 0 Å². The number of benzene rings is 3. The van der Waals surface area contributed by atoms with E-state index in [4.69, 9.17) is 0 Å². The highest BCUT2D eigenvalue weighted by Crippen LogP contribution is 2.32. The average molecular weight is 460 g/mol. The Hall–Kier alpha value is -3.25. The molecule has 2 atom stereocenters. The summed E-state index contributed by atoms with van der Waals surface area (Å²) in [5.74, 6) is 0.0486. The smallest absolute Gasteiger partial charge is 0.243 e. The maximum atomic E-state index is 13.0. The van der Waals surface area contributed by atoms with Crippen LogP contribution in [0, 0.1) is 0 Å². The number of thioether (sulfide) groups is 1. The van der Waals surface area contributed by atoms with Gasteiger partial charge in [0.1, 0.15) is 6.04 Å². The van der Waals surface area contributed by atoms with E-state index in [1.807, 2.05) is 37.3 Å². The van der Waals surface area contributed by atoms with Gasteiger partial charge in [0.05, 0.1) is 6.04 Å². The topological polar surface area (TPSA) is 63.1 Å². The van der Waals surface area contributed by atoms with Crippen LogP contribution in [-0.2, 0) is 16.1 Å². The molecule has 0 fully saturated rings. The van der Waals surface area contributed by atoms with Gasteiger partial charge in [0.2, 0.25) is 11.8 Å². The van der Waals surface area contributed by atoms with Crippen molar-refractivity contribution in [1.29, 1.82) is 0 Å². The van der Waals surface area contributed by atoms with Gasteiger partial charge >= 0.3 is 0 Å². The molecule has 4 rings (SSSR count). The maximum Gasteiger partial charge on any atom is 0.243 e. The van der Waals surface area contributed by atoms with Crippen molar-refractivity contribution in [1.82, 2.24) is 15.2 Å². The van der Waals surface area contributed by atoms with Crippen LogP contribution in [-0.4, -0.2) is 28.2 Å². The molecule has 1 aromatic heterocycles. The lowest BCUT2D eigenvalue weighted by atomic mass is 10.1. The number of carbonyl (C=O) groups excluding carboxylic acids is 2. The molecule has 2 amide bonds. The summed E-state index contributed by atoms with van der Waals surface area (Å²) in [7, 11) is 0. The fourth-order valence-corrected chi connectivity index (χ4v) is 5.17. The van der Waals surface area contributed by atoms with Crippen LogP contribution in [0.15, 0.2) is 77.7 Å². The number of amides is 2. The molecule has 1 heterocycles. The molecule has 0 saturated heterocycles. The van der Waals surface area contributed by atoms with E-state index in [2.05, 4.69) is 64.6 Å². The molecule has 0 aliphatic carbocycles. The molecule has 0 aliphatic heterocycles. The minimum atomic E-state index is -0.619. The highest BCUT2D eigenvalue weighted by molar-refractivity contribution is 7.99. The first-order valence-electron chi connectivity index (χ1n) is 11.2. The Balaban J connectivity index is 1.52. The minimum Gasteiger partial charge on any atom is -0.348 e. The summed E-state index contributed by atoms with van der Waals surface area (Å²) in [5.41, 5.74) is 3.45. The van der Waals surface area contributed by atoms with Crippen molar-refractivity contribution in [3.05, 3.63) is 78.4 Å². The Bertz CT molecular complexity index is 1280. The second-order valence-electron chi connectivity index (χ2n) is 8.15. The lowest BCUT2D eigenvalue weighted by Crippen LogP contribution is -2.48. The fourth-order valence-electron chi connectivity index (χ4n) is 4.21. The van der Waals surface area contributed by atoms with Crippen molar-refractivity contribution < 1.29 is 9.59 Å². The van der Waals surface area contributed by atoms with Gasteiger partial charge in [0.15, 0.2) is 0 Å². The third kappa shape index (κ3) is 5.06. The zero-order valence-electron chi connectivity index (χ0n) is 19.2. The molecule has 0 saturated carbocycles. The van der Waals surface area contributed by atoms with E-state index in [1.165, 1.54) is 28.7 Å². The van der Waals surface area contributed by atoms with Crippen molar-refractivity contribution in [2.45, 2.75) is 44.3 Å². The Morgan fingerprint density at radius 2 is 1.61 bits per heavy atom. The molecule has 0 bridgehead atoms. The van der Waals surface area contributed by atoms with Gasteiger partial charge in [-0.3, -0.25) is 9.59 Å². The van der Waals surface area contributed by atoms with E-state index >= 15 is 0 Å². The Morgan fingerprint density at radius 1 is 0.909 bits per heavy atom. The quantitative estimate of drug-likeness (QED) is 0.352. The summed E-state index contributed by atoms with van der Waals surface area (Å²) in [6, 6.07) is 23.9. The third-order valence-electron chi connectivity index (χ3n) is 5.83. The molecule has 170 valence electrons. The van der Waals surface area contributed by atoms with Gasteiger partial charge in [-0.15, -0.1) is 11.8 Å². The molecule has 5 nitrogen and oxygen atoms in total. The first-order chi connectivity index (χ1) is 16.0. The molecule has 0 spiro atoms. The van der Waals surface area contributed by atoms with Crippen LogP contribution in [0.5, 0.6) is 0 Å². The number of aryl methyl sites for hydroxylation is 1. The van der Waals surface area contributed by atoms with Crippen LogP contribution in [0.4, 0.5) is 0 Å². The van der Waals surface area contributed by atoms with Crippen molar-refractivity contribution in [2.24, 2.45) is 0 Å². The first kappa shape index (κ1) is 22.9. The van der Waals surface area contributed by atoms with E-state index in [0.29, 0.717) is 5.75 Å². The van der Waals surface area contributed by atoms with Crippen molar-refractivity contribution in [3.8, 4) is 0 Å². The molecule has 3 aromatic carbocycles. The average Bonchev–Trinajstić information content (AvgIpc) is 3.15. The Kier molecular flexibility index (Phi) is 7.04. The summed E-state index contributed by atoms with van der Waals surface area (Å²) in [5, 5.41) is 8.27. The number of aromatic nitrogens is 1. The first-order valence-corrected chi connectivity index (χ1v) is 12.2. The Labute approximate surface area is 198 Å². The van der Waals surface area contributed by atoms with Crippen molar-refractivity contribution in [2.75, 3.05) is 5.75 Å². The van der Waals surface area contributed by atoms with E-state index in [1.54, 1.807) is 11.8 Å². The maximum absolute atomic E-state index is 13.0. The number of para-hydroxylation sites is 1. The van der Waals surface area contributed by atoms with E-state index < -0.39 is 6.04 Å². The number of hydrogen-bond donors (Lipinski definition) is 2. The highest BCUT2D eigenvalue weighted by atomic mass is 32.2. The molecular formula is C27H29N3O2S. The predicted molar refractivity (Wildman–Crippen MR) is 136 cm³/mol. The van der Waals surface area contributed by atoms with Gasteiger partial charge in [-0.25, -0.2) is 0 Å². The number of rotatable bonds is 8. The second-order valence-corrected chi connectivity index (χ2v) is 9.24. The van der Waals surface area contributed by atoms with Crippen molar-refractivity contribution >= 4 is 45.4 Å². The van der Waals surface area contributed by atoms with Gasteiger partial charge in [0, 0.05) is 45.9 Å². The summed E-state index contributed by atoms with van der Waals surface area (Å²) in [6.07, 6.45) is 0. The second kappa shape index (κ2) is 10.1. The van der Waals surface area contributed by atoms with E-state index in [9.17, 15) is 9.59 Å². The molecular weight excluding hydrogens is 430 g/mol. The summed E-state index contributed by atoms with van der Waals surface area (Å²) < 4.78 is 2.32. The van der Waals surface area contributed by atoms with Gasteiger partial charge in [-0.05, 0) is 43.7 Å². The predicted octanol–water partition coefficient (Wildman–Crippen LogP) is 5.29. The molecule has 4 aromatic rings. The largest absolute Gasteiger partial charge is 0.348 e. The van der Waals surface area contributed by atoms with Gasteiger partial charge in [-0.1, -0.05) is 48.5 Å². The molecule has 0 radical (unpaired) electrons. The van der Waals surface area contributed by atoms with E-state index in [-0.39, 0.29) is 17.9 Å². The standard InChI is InChI=1S/C27H29N3O2S/c1-4-30-25-13-9-8-12-22(25)23-16-21(14-15-26(23)30)33-17-24(29-19(3)31)27(32)28-18(2)20-10-6-5-7-11-20/h5-16,18,24H,4,17H2,1-3H3,(H,28,32)(H,29,31). The molecule has 6 heteroatoms. The minimum absolute atomic E-state index is 0.142. The number of nitrogens with zero attached hydrogens (tertiary/aromatic N) is 1. The van der Waals surface area contributed by atoms with Gasteiger partial charge < -0.3 is 15.2 Å². The molecule has 33 heavy (non-hydrogen) atoms. The van der Waals surface area contributed by atoms with Gasteiger partial charge in [-0.2, -0.15) is 0 Å². The van der Waals surface area contributed by atoms with Crippen LogP contribution in [0.2, 0.25) is 0 Å². The SMILES string of the molecule is CCn1c2ccccc2c2cc(SCC(NC(C)=O)C(=O)NC(C)c3ccccc3)ccc21. The van der Waals surface area contributed by atoms with Crippen LogP contribution >= 0.6 is 11.8 Å². The number of fused-ring (bicyclic) bond motifs is 3. The zero-order chi connectivity index (χ0) is 23.4. The molecule has 0 aliphatic rings. The Morgan fingerprint density at radius 3 is 2.33 bits per heavy atom. The normalized spacial score (nSPS) is 13.1. The van der Waals surface area contributed by atoms with Crippen molar-refractivity contribution in [3.63, 3.8) is 0 Å². The summed E-state index contributed by atoms with van der Waals surface area (Å²) in [6.45, 7) is 6.45. The van der Waals surface area contributed by atoms with E-state index in [0.717, 1.165) is 17.0 Å². The highest BCUT2D eigenvalue weighted by Gasteiger charge is 2.22. The number of carbonyl (C=O) groups is 2. The summed E-state index contributed by atoms with van der Waals surface area (Å²) in [4.78, 5) is 25.8. The summed E-state index contributed by atoms with van der Waals surface area (Å²) >= 11 is 1.58. The zero-order valence-corrected chi connectivity index (χ0v) is 20.0. The molecule has 2 unspecified atom stereocenters. The molecule has 2 N–H and O–H groups in total. The lowest BCUT2D eigenvalue weighted by molar-refractivity contribution is -0.127. The lowest BCUT2D eigenvalue weighted by Gasteiger charge is -2.21. The number of hydrogen-bond acceptors (Lipinski definition) is 3. The fraction of sp³-hybridized carbons (Fsp3) is 0.259. The monoisotopic (exact) mass is 459 g/mol. The van der Waals surface area contributed by atoms with Crippen LogP contribution < -0.4 is 10.6 Å². The van der Waals surface area contributed by atoms with Crippen LogP contribution in [0.25, 0.3) is 21.8 Å². The van der Waals surface area contributed by atoms with Crippen LogP contribution in [0.1, 0.15) is 32.4 Å². The van der Waals surface area contributed by atoms with Gasteiger partial charge in [0.25, 0.3) is 0 Å². The number of nitrogens with one attached hydrogen (secondary N) is 2.